The molecule has 2 heterocycles. The molecule has 0 aliphatic carbocycles. The predicted molar refractivity (Wildman–Crippen MR) is 126 cm³/mol. The molecule has 0 saturated carbocycles. The molecular weight excluding hydrogens is 417 g/mol. The summed E-state index contributed by atoms with van der Waals surface area (Å²) in [6.45, 7) is 0.935. The lowest BCUT2D eigenvalue weighted by atomic mass is 9.73. The molecule has 4 rings (SSSR count). The van der Waals surface area contributed by atoms with Crippen LogP contribution in [-0.2, 0) is 22.4 Å². The number of hydrogen-bond donors (Lipinski definition) is 1. The molecule has 1 N–H and O–H groups in total. The molecule has 1 saturated heterocycles. The number of pyridine rings is 1. The van der Waals surface area contributed by atoms with Crippen molar-refractivity contribution in [3.8, 4) is 11.1 Å². The average Bonchev–Trinajstić information content (AvgIpc) is 2.84. The van der Waals surface area contributed by atoms with Gasteiger partial charge in [-0.1, -0.05) is 36.4 Å². The lowest BCUT2D eigenvalue weighted by Gasteiger charge is -2.42. The molecule has 6 heteroatoms. The Balaban J connectivity index is 1.60. The highest BCUT2D eigenvalue weighted by molar-refractivity contribution is 5.85. The summed E-state index contributed by atoms with van der Waals surface area (Å²) >= 11 is 0. The second-order valence-corrected chi connectivity index (χ2v) is 8.65. The number of carbonyl (C=O) groups is 2. The first-order chi connectivity index (χ1) is 16.0. The van der Waals surface area contributed by atoms with Crippen LogP contribution >= 0.6 is 0 Å². The maximum Gasteiger partial charge on any atom is 0.228 e. The van der Waals surface area contributed by atoms with Crippen LogP contribution in [0.15, 0.2) is 73.1 Å². The molecule has 33 heavy (non-hydrogen) atoms. The van der Waals surface area contributed by atoms with Crippen molar-refractivity contribution >= 4 is 11.8 Å². The zero-order valence-electron chi connectivity index (χ0n) is 18.8. The van der Waals surface area contributed by atoms with Crippen molar-refractivity contribution in [2.75, 3.05) is 20.1 Å². The van der Waals surface area contributed by atoms with Gasteiger partial charge >= 0.3 is 0 Å². The van der Waals surface area contributed by atoms with Gasteiger partial charge in [-0.05, 0) is 65.8 Å². The smallest absolute Gasteiger partial charge is 0.228 e. The van der Waals surface area contributed by atoms with E-state index in [-0.39, 0.29) is 24.1 Å². The second kappa shape index (κ2) is 9.94. The number of nitrogens with one attached hydrogen (secondary N) is 1. The van der Waals surface area contributed by atoms with Crippen LogP contribution in [0.1, 0.15) is 24.0 Å². The van der Waals surface area contributed by atoms with Crippen LogP contribution in [0.2, 0.25) is 0 Å². The zero-order valence-corrected chi connectivity index (χ0v) is 18.8. The highest BCUT2D eigenvalue weighted by Crippen LogP contribution is 2.37. The molecule has 170 valence electrons. The molecule has 2 amide bonds. The Morgan fingerprint density at radius 2 is 1.88 bits per heavy atom. The van der Waals surface area contributed by atoms with Gasteiger partial charge in [-0.15, -0.1) is 0 Å². The van der Waals surface area contributed by atoms with E-state index in [4.69, 9.17) is 0 Å². The van der Waals surface area contributed by atoms with E-state index in [0.29, 0.717) is 31.5 Å². The summed E-state index contributed by atoms with van der Waals surface area (Å²) in [4.78, 5) is 32.2. The van der Waals surface area contributed by atoms with E-state index in [9.17, 15) is 14.0 Å². The van der Waals surface area contributed by atoms with Crippen molar-refractivity contribution in [2.24, 2.45) is 5.41 Å². The molecular formula is C27H28FN3O2. The quantitative estimate of drug-likeness (QED) is 0.623. The summed E-state index contributed by atoms with van der Waals surface area (Å²) in [5, 5.41) is 2.84. The van der Waals surface area contributed by atoms with Gasteiger partial charge in [0.25, 0.3) is 0 Å². The van der Waals surface area contributed by atoms with E-state index in [1.807, 2.05) is 30.3 Å². The van der Waals surface area contributed by atoms with Gasteiger partial charge < -0.3 is 10.2 Å². The number of piperidine rings is 1. The van der Waals surface area contributed by atoms with Gasteiger partial charge in [-0.25, -0.2) is 4.39 Å². The third-order valence-corrected chi connectivity index (χ3v) is 6.42. The van der Waals surface area contributed by atoms with Crippen LogP contribution in [0, 0.1) is 11.2 Å². The lowest BCUT2D eigenvalue weighted by molar-refractivity contribution is -0.141. The molecule has 2 aromatic carbocycles. The molecule has 3 aromatic rings. The van der Waals surface area contributed by atoms with E-state index in [0.717, 1.165) is 23.1 Å². The number of rotatable bonds is 6. The Labute approximate surface area is 193 Å². The number of likely N-dealkylation sites (tertiary alicyclic amines) is 1. The van der Waals surface area contributed by atoms with E-state index in [2.05, 4.69) is 16.4 Å². The minimum atomic E-state index is -0.728. The van der Waals surface area contributed by atoms with Crippen molar-refractivity contribution in [3.63, 3.8) is 0 Å². The number of aromatic nitrogens is 1. The average molecular weight is 446 g/mol. The standard InChI is InChI=1S/C27H28FN3O2/c1-29-26(33)27(18-22-7-2-3-9-24(22)21-10-13-30-14-11-21)12-5-15-31(19-27)25(32)17-20-6-4-8-23(28)16-20/h2-4,6-11,13-14,16H,5,12,15,17-19H2,1H3,(H,29,33)/t27-/m0/s1. The largest absolute Gasteiger partial charge is 0.359 e. The Morgan fingerprint density at radius 3 is 2.64 bits per heavy atom. The maximum absolute atomic E-state index is 13.6. The van der Waals surface area contributed by atoms with E-state index < -0.39 is 5.41 Å². The molecule has 0 spiro atoms. The lowest BCUT2D eigenvalue weighted by Crippen LogP contribution is -2.54. The summed E-state index contributed by atoms with van der Waals surface area (Å²) in [5.74, 6) is -0.502. The van der Waals surface area contributed by atoms with Crippen LogP contribution < -0.4 is 5.32 Å². The molecule has 0 radical (unpaired) electrons. The van der Waals surface area contributed by atoms with Gasteiger partial charge in [0.05, 0.1) is 11.8 Å². The Bertz CT molecular complexity index is 1130. The van der Waals surface area contributed by atoms with E-state index >= 15 is 0 Å². The molecule has 1 aromatic heterocycles. The minimum Gasteiger partial charge on any atom is -0.359 e. The Morgan fingerprint density at radius 1 is 1.09 bits per heavy atom. The van der Waals surface area contributed by atoms with E-state index in [1.165, 1.54) is 12.1 Å². The van der Waals surface area contributed by atoms with Crippen LogP contribution in [0.4, 0.5) is 4.39 Å². The summed E-state index contributed by atoms with van der Waals surface area (Å²) in [7, 11) is 1.65. The molecule has 0 unspecified atom stereocenters. The highest BCUT2D eigenvalue weighted by Gasteiger charge is 2.43. The summed E-state index contributed by atoms with van der Waals surface area (Å²) in [6, 6.07) is 18.1. The van der Waals surface area contributed by atoms with E-state index in [1.54, 1.807) is 36.5 Å². The fourth-order valence-corrected chi connectivity index (χ4v) is 4.81. The monoisotopic (exact) mass is 445 g/mol. The third kappa shape index (κ3) is 5.11. The van der Waals surface area contributed by atoms with Gasteiger partial charge in [-0.2, -0.15) is 0 Å². The fourth-order valence-electron chi connectivity index (χ4n) is 4.81. The SMILES string of the molecule is CNC(=O)[C@]1(Cc2ccccc2-c2ccncc2)CCCN(C(=O)Cc2cccc(F)c2)C1. The normalized spacial score (nSPS) is 18.1. The second-order valence-electron chi connectivity index (χ2n) is 8.65. The van der Waals surface area contributed by atoms with Gasteiger partial charge in [0.15, 0.2) is 0 Å². The molecule has 0 bridgehead atoms. The van der Waals surface area contributed by atoms with Gasteiger partial charge in [0.2, 0.25) is 11.8 Å². The van der Waals surface area contributed by atoms with Gasteiger partial charge in [0.1, 0.15) is 5.82 Å². The first-order valence-electron chi connectivity index (χ1n) is 11.2. The summed E-state index contributed by atoms with van der Waals surface area (Å²) in [5.41, 5.74) is 3.08. The third-order valence-electron chi connectivity index (χ3n) is 6.42. The molecule has 1 atom stereocenters. The van der Waals surface area contributed by atoms with Crippen molar-refractivity contribution in [3.05, 3.63) is 90.0 Å². The van der Waals surface area contributed by atoms with Crippen molar-refractivity contribution in [1.29, 1.82) is 0 Å². The highest BCUT2D eigenvalue weighted by atomic mass is 19.1. The number of benzene rings is 2. The first-order valence-corrected chi connectivity index (χ1v) is 11.2. The Kier molecular flexibility index (Phi) is 6.82. The first kappa shape index (κ1) is 22.6. The topological polar surface area (TPSA) is 62.3 Å². The zero-order chi connectivity index (χ0) is 23.3. The number of hydrogen-bond acceptors (Lipinski definition) is 3. The number of halogens is 1. The Hall–Kier alpha value is -3.54. The van der Waals surface area contributed by atoms with Crippen LogP contribution in [0.25, 0.3) is 11.1 Å². The minimum absolute atomic E-state index is 0.0599. The van der Waals surface area contributed by atoms with Gasteiger partial charge in [0, 0.05) is 32.5 Å². The molecule has 1 fully saturated rings. The van der Waals surface area contributed by atoms with Gasteiger partial charge in [-0.3, -0.25) is 14.6 Å². The maximum atomic E-state index is 13.6. The van der Waals surface area contributed by atoms with Crippen LogP contribution in [0.3, 0.4) is 0 Å². The molecule has 5 nitrogen and oxygen atoms in total. The summed E-state index contributed by atoms with van der Waals surface area (Å²) < 4.78 is 13.6. The van der Waals surface area contributed by atoms with Crippen LogP contribution in [0.5, 0.6) is 0 Å². The molecule has 1 aliphatic heterocycles. The fraction of sp³-hybridized carbons (Fsp3) is 0.296. The number of nitrogens with zero attached hydrogens (tertiary/aromatic N) is 2. The summed E-state index contributed by atoms with van der Waals surface area (Å²) in [6.07, 6.45) is 5.59. The van der Waals surface area contributed by atoms with Crippen molar-refractivity contribution in [2.45, 2.75) is 25.7 Å². The van der Waals surface area contributed by atoms with Crippen molar-refractivity contribution in [1.82, 2.24) is 15.2 Å². The number of carbonyl (C=O) groups excluding carboxylic acids is 2. The van der Waals surface area contributed by atoms with Crippen LogP contribution in [-0.4, -0.2) is 41.8 Å². The molecule has 1 aliphatic rings. The van der Waals surface area contributed by atoms with Crippen molar-refractivity contribution < 1.29 is 14.0 Å². The number of amides is 2. The predicted octanol–water partition coefficient (Wildman–Crippen LogP) is 4.03.